The van der Waals surface area contributed by atoms with Crippen molar-refractivity contribution >= 4 is 5.97 Å². The second-order valence-electron chi connectivity index (χ2n) is 4.98. The van der Waals surface area contributed by atoms with Gasteiger partial charge < -0.3 is 10.2 Å². The Morgan fingerprint density at radius 1 is 1.38 bits per heavy atom. The summed E-state index contributed by atoms with van der Waals surface area (Å²) in [5.41, 5.74) is 0.00979. The minimum absolute atomic E-state index is 0.00979. The third kappa shape index (κ3) is 3.78. The Hall–Kier alpha value is -0.570. The molecule has 3 heteroatoms. The molecule has 0 heterocycles. The molecule has 0 amide bonds. The Morgan fingerprint density at radius 2 is 1.94 bits per heavy atom. The van der Waals surface area contributed by atoms with Crippen molar-refractivity contribution in [3.8, 4) is 0 Å². The van der Waals surface area contributed by atoms with E-state index in [1.807, 2.05) is 0 Å². The minimum Gasteiger partial charge on any atom is -0.481 e. The van der Waals surface area contributed by atoms with Crippen LogP contribution in [0.25, 0.3) is 0 Å². The van der Waals surface area contributed by atoms with Crippen molar-refractivity contribution in [2.45, 2.75) is 53.4 Å². The highest BCUT2D eigenvalue weighted by Gasteiger charge is 2.37. The summed E-state index contributed by atoms with van der Waals surface area (Å²) in [5.74, 6) is -0.218. The maximum Gasteiger partial charge on any atom is 0.303 e. The molecule has 0 rings (SSSR count). The van der Waals surface area contributed by atoms with Crippen molar-refractivity contribution in [2.24, 2.45) is 17.3 Å². The van der Waals surface area contributed by atoms with Crippen LogP contribution in [0, 0.1) is 17.3 Å². The number of carbonyl (C=O) groups is 1. The molecule has 3 nitrogen and oxygen atoms in total. The summed E-state index contributed by atoms with van der Waals surface area (Å²) in [6.07, 6.45) is 2.75. The zero-order chi connectivity index (χ0) is 12.8. The molecule has 0 saturated heterocycles. The number of aliphatic hydroxyl groups is 1. The first-order valence-corrected chi connectivity index (χ1v) is 6.24. The standard InChI is InChI=1S/C13H26O3/c1-5-10(3)13(4,6-2)11(7-8-14)9-12(15)16/h10-11,14H,5-9H2,1-4H3,(H,15,16)/t10?,11-,13?/m1/s1. The third-order valence-corrected chi connectivity index (χ3v) is 4.33. The largest absolute Gasteiger partial charge is 0.481 e. The van der Waals surface area contributed by atoms with Gasteiger partial charge in [-0.1, -0.05) is 40.5 Å². The van der Waals surface area contributed by atoms with E-state index in [-0.39, 0.29) is 24.4 Å². The molecule has 0 aromatic rings. The van der Waals surface area contributed by atoms with Gasteiger partial charge in [-0.2, -0.15) is 0 Å². The van der Waals surface area contributed by atoms with Crippen LogP contribution in [0.5, 0.6) is 0 Å². The first-order valence-electron chi connectivity index (χ1n) is 6.24. The predicted octanol–water partition coefficient (Wildman–Crippen LogP) is 2.92. The number of carboxylic acids is 1. The lowest BCUT2D eigenvalue weighted by Gasteiger charge is -2.41. The van der Waals surface area contributed by atoms with Gasteiger partial charge in [-0.05, 0) is 23.7 Å². The van der Waals surface area contributed by atoms with Crippen molar-refractivity contribution in [3.05, 3.63) is 0 Å². The van der Waals surface area contributed by atoms with Gasteiger partial charge in [0, 0.05) is 13.0 Å². The molecule has 0 aliphatic carbocycles. The van der Waals surface area contributed by atoms with Gasteiger partial charge in [-0.15, -0.1) is 0 Å². The summed E-state index contributed by atoms with van der Waals surface area (Å²) in [5, 5.41) is 18.0. The van der Waals surface area contributed by atoms with Crippen molar-refractivity contribution in [2.75, 3.05) is 6.61 Å². The second kappa shape index (κ2) is 6.89. The van der Waals surface area contributed by atoms with Gasteiger partial charge >= 0.3 is 5.97 Å². The molecule has 0 bridgehead atoms. The molecule has 0 aliphatic heterocycles. The van der Waals surface area contributed by atoms with Gasteiger partial charge in [0.2, 0.25) is 0 Å². The third-order valence-electron chi connectivity index (χ3n) is 4.33. The Kier molecular flexibility index (Phi) is 6.65. The predicted molar refractivity (Wildman–Crippen MR) is 65.3 cm³/mol. The van der Waals surface area contributed by atoms with E-state index >= 15 is 0 Å². The number of carboxylic acid groups (broad SMARTS) is 1. The van der Waals surface area contributed by atoms with E-state index in [1.165, 1.54) is 0 Å². The zero-order valence-corrected chi connectivity index (χ0v) is 11.0. The van der Waals surface area contributed by atoms with E-state index in [4.69, 9.17) is 10.2 Å². The first-order chi connectivity index (χ1) is 7.42. The summed E-state index contributed by atoms with van der Waals surface area (Å²) in [6, 6.07) is 0. The van der Waals surface area contributed by atoms with Crippen molar-refractivity contribution in [1.82, 2.24) is 0 Å². The molecule has 96 valence electrons. The van der Waals surface area contributed by atoms with Gasteiger partial charge in [0.15, 0.2) is 0 Å². The summed E-state index contributed by atoms with van der Waals surface area (Å²) < 4.78 is 0. The van der Waals surface area contributed by atoms with Crippen LogP contribution in [0.1, 0.15) is 53.4 Å². The molecule has 2 unspecified atom stereocenters. The monoisotopic (exact) mass is 230 g/mol. The fraction of sp³-hybridized carbons (Fsp3) is 0.923. The topological polar surface area (TPSA) is 57.5 Å². The highest BCUT2D eigenvalue weighted by Crippen LogP contribution is 2.43. The second-order valence-corrected chi connectivity index (χ2v) is 4.98. The van der Waals surface area contributed by atoms with Crippen LogP contribution >= 0.6 is 0 Å². The van der Waals surface area contributed by atoms with Crippen LogP contribution in [-0.2, 0) is 4.79 Å². The normalized spacial score (nSPS) is 18.8. The molecule has 3 atom stereocenters. The van der Waals surface area contributed by atoms with Crippen molar-refractivity contribution < 1.29 is 15.0 Å². The molecular weight excluding hydrogens is 204 g/mol. The lowest BCUT2D eigenvalue weighted by molar-refractivity contribution is -0.140. The Labute approximate surface area is 98.9 Å². The molecule has 0 saturated carbocycles. The number of aliphatic hydroxyl groups excluding tert-OH is 1. The van der Waals surface area contributed by atoms with Crippen molar-refractivity contribution in [3.63, 3.8) is 0 Å². The van der Waals surface area contributed by atoms with E-state index in [0.29, 0.717) is 12.3 Å². The van der Waals surface area contributed by atoms with E-state index in [2.05, 4.69) is 27.7 Å². The van der Waals surface area contributed by atoms with Gasteiger partial charge in [0.25, 0.3) is 0 Å². The van der Waals surface area contributed by atoms with Crippen LogP contribution < -0.4 is 0 Å². The van der Waals surface area contributed by atoms with Crippen LogP contribution in [0.2, 0.25) is 0 Å². The maximum atomic E-state index is 10.9. The van der Waals surface area contributed by atoms with Gasteiger partial charge in [0.1, 0.15) is 0 Å². The quantitative estimate of drug-likeness (QED) is 0.674. The average molecular weight is 230 g/mol. The summed E-state index contributed by atoms with van der Waals surface area (Å²) in [6.45, 7) is 8.65. The van der Waals surface area contributed by atoms with Gasteiger partial charge in [0.05, 0.1) is 0 Å². The number of rotatable bonds is 8. The van der Waals surface area contributed by atoms with E-state index in [0.717, 1.165) is 12.8 Å². The molecule has 0 aromatic carbocycles. The fourth-order valence-electron chi connectivity index (χ4n) is 2.54. The SMILES string of the molecule is CCC(C)C(C)(CC)[C@H](CCO)CC(=O)O. The highest BCUT2D eigenvalue weighted by atomic mass is 16.4. The van der Waals surface area contributed by atoms with Crippen molar-refractivity contribution in [1.29, 1.82) is 0 Å². The van der Waals surface area contributed by atoms with Gasteiger partial charge in [-0.25, -0.2) is 0 Å². The van der Waals surface area contributed by atoms with Gasteiger partial charge in [-0.3, -0.25) is 4.79 Å². The molecule has 0 aliphatic rings. The molecule has 2 N–H and O–H groups in total. The highest BCUT2D eigenvalue weighted by molar-refractivity contribution is 5.67. The van der Waals surface area contributed by atoms with Crippen LogP contribution in [-0.4, -0.2) is 22.8 Å². The Balaban J connectivity index is 4.86. The number of hydrogen-bond acceptors (Lipinski definition) is 2. The van der Waals surface area contributed by atoms with Crippen LogP contribution in [0.4, 0.5) is 0 Å². The smallest absolute Gasteiger partial charge is 0.303 e. The molecular formula is C13H26O3. The molecule has 0 radical (unpaired) electrons. The average Bonchev–Trinajstić information content (AvgIpc) is 2.25. The Bertz CT molecular complexity index is 215. The minimum atomic E-state index is -0.763. The van der Waals surface area contributed by atoms with E-state index < -0.39 is 5.97 Å². The van der Waals surface area contributed by atoms with E-state index in [1.54, 1.807) is 0 Å². The lowest BCUT2D eigenvalue weighted by Crippen LogP contribution is -2.35. The fourth-order valence-corrected chi connectivity index (χ4v) is 2.54. The molecule has 0 spiro atoms. The lowest BCUT2D eigenvalue weighted by atomic mass is 9.64. The zero-order valence-electron chi connectivity index (χ0n) is 11.0. The van der Waals surface area contributed by atoms with Crippen LogP contribution in [0.15, 0.2) is 0 Å². The summed E-state index contributed by atoms with van der Waals surface area (Å²) in [4.78, 5) is 10.9. The van der Waals surface area contributed by atoms with Crippen LogP contribution in [0.3, 0.4) is 0 Å². The molecule has 16 heavy (non-hydrogen) atoms. The number of aliphatic carboxylic acids is 1. The maximum absolute atomic E-state index is 10.9. The first kappa shape index (κ1) is 15.4. The van der Waals surface area contributed by atoms with E-state index in [9.17, 15) is 4.79 Å². The molecule has 0 fully saturated rings. The summed E-state index contributed by atoms with van der Waals surface area (Å²) >= 11 is 0. The summed E-state index contributed by atoms with van der Waals surface area (Å²) in [7, 11) is 0. The molecule has 0 aromatic heterocycles. The Morgan fingerprint density at radius 3 is 2.25 bits per heavy atom. The number of hydrogen-bond donors (Lipinski definition) is 2.